The zero-order valence-electron chi connectivity index (χ0n) is 75.3. The van der Waals surface area contributed by atoms with Crippen molar-refractivity contribution in [3.05, 3.63) is 119 Å². The molecule has 5 aromatic rings. The van der Waals surface area contributed by atoms with Crippen molar-refractivity contribution < 1.29 is 116 Å². The second kappa shape index (κ2) is 27.8. The summed E-state index contributed by atoms with van der Waals surface area (Å²) in [4.78, 5) is 29.7. The smallest absolute Gasteiger partial charge is 0.407 e. The fourth-order valence-electron chi connectivity index (χ4n) is 8.16. The van der Waals surface area contributed by atoms with E-state index in [1.807, 2.05) is 5.32 Å². The van der Waals surface area contributed by atoms with Crippen molar-refractivity contribution in [3.63, 3.8) is 0 Å². The van der Waals surface area contributed by atoms with Crippen molar-refractivity contribution in [2.45, 2.75) is 126 Å². The molecule has 6 heterocycles. The summed E-state index contributed by atoms with van der Waals surface area (Å²) in [5.41, 5.74) is 2.79. The van der Waals surface area contributed by atoms with Gasteiger partial charge < -0.3 is 54.0 Å². The molecule has 1 aromatic heterocycles. The first-order valence-electron chi connectivity index (χ1n) is 40.8. The normalized spacial score (nSPS) is 37.5. The minimum Gasteiger partial charge on any atom is -0.493 e. The van der Waals surface area contributed by atoms with E-state index in [1.165, 1.54) is 66.2 Å². The number of carbonyl (C=O) groups is 2. The highest BCUT2D eigenvalue weighted by atomic mass is 32.2. The average Bonchev–Trinajstić information content (AvgIpc) is 1.48. The van der Waals surface area contributed by atoms with Crippen molar-refractivity contribution in [2.24, 2.45) is 23.6 Å². The molecule has 10 rings (SSSR count). The first-order chi connectivity index (χ1) is 51.4. The molecule has 81 heavy (non-hydrogen) atoms. The van der Waals surface area contributed by atoms with Crippen LogP contribution in [-0.2, 0) is 67.7 Å². The van der Waals surface area contributed by atoms with Crippen LogP contribution in [0.15, 0.2) is 112 Å². The number of ether oxygens (including phenoxy) is 7. The molecule has 20 nitrogen and oxygen atoms in total. The van der Waals surface area contributed by atoms with Crippen LogP contribution in [0.3, 0.4) is 0 Å². The number of carbonyl (C=O) groups excluding carboxylic acids is 2. The largest absolute Gasteiger partial charge is 0.493 e. The van der Waals surface area contributed by atoms with E-state index in [4.69, 9.17) is 75.0 Å². The van der Waals surface area contributed by atoms with Gasteiger partial charge in [-0.15, -0.1) is 11.3 Å². The van der Waals surface area contributed by atoms with Crippen molar-refractivity contribution in [1.29, 1.82) is 0 Å². The molecule has 0 unspecified atom stereocenters. The van der Waals surface area contributed by atoms with Crippen molar-refractivity contribution in [1.82, 2.24) is 24.2 Å². The lowest BCUT2D eigenvalue weighted by Gasteiger charge is -2.31. The highest BCUT2D eigenvalue weighted by Gasteiger charge is 2.46. The lowest BCUT2D eigenvalue weighted by Crippen LogP contribution is -2.51. The summed E-state index contributed by atoms with van der Waals surface area (Å²) in [6.07, 6.45) is -29.2. The van der Waals surface area contributed by atoms with Crippen molar-refractivity contribution in [2.75, 3.05) is 58.9 Å². The van der Waals surface area contributed by atoms with Gasteiger partial charge in [0.25, 0.3) is 0 Å². The molecule has 2 amide bonds. The fraction of sp³-hybridized carbons (Fsp3) is 0.534. The Morgan fingerprint density at radius 3 is 1.96 bits per heavy atom. The summed E-state index contributed by atoms with van der Waals surface area (Å²) in [6.45, 7) is -41.4. The summed E-state index contributed by atoms with van der Waals surface area (Å²) in [6, 6.07) is 17.7. The van der Waals surface area contributed by atoms with Gasteiger partial charge in [-0.05, 0) is 78.3 Å². The monoisotopic (exact) mass is 1210 g/mol. The molecule has 5 aliphatic rings. The van der Waals surface area contributed by atoms with E-state index in [2.05, 4.69) is 15.0 Å². The van der Waals surface area contributed by atoms with E-state index in [0.29, 0.717) is 23.1 Å². The number of hydrogen-bond donors (Lipinski definition) is 4. The Bertz CT molecular complexity index is 4620. The topological polar surface area (TPSA) is 251 Å². The van der Waals surface area contributed by atoms with Crippen molar-refractivity contribution in [3.8, 4) is 5.75 Å². The molecule has 0 aliphatic carbocycles. The van der Waals surface area contributed by atoms with E-state index < -0.39 is 220 Å². The van der Waals surface area contributed by atoms with Crippen LogP contribution < -0.4 is 15.4 Å². The predicted octanol–water partition coefficient (Wildman–Crippen LogP) is 6.77. The van der Waals surface area contributed by atoms with Gasteiger partial charge in [-0.25, -0.2) is 31.4 Å². The summed E-state index contributed by atoms with van der Waals surface area (Å²) in [7, 11) is -10.9. The molecule has 23 heteroatoms. The molecule has 0 radical (unpaired) electrons. The maximum atomic E-state index is 14.4. The molecule has 4 N–H and O–H groups in total. The highest BCUT2D eigenvalue weighted by Crippen LogP contribution is 2.35. The van der Waals surface area contributed by atoms with E-state index in [0.717, 1.165) is 35.6 Å². The summed E-state index contributed by atoms with van der Waals surface area (Å²) in [5, 5.41) is 27.6. The zero-order chi connectivity index (χ0) is 86.4. The number of nitrogens with one attached hydrogen (secondary N) is 2. The Labute approximate surface area is 527 Å². The van der Waals surface area contributed by atoms with Crippen LogP contribution in [0.1, 0.15) is 111 Å². The lowest BCUT2D eigenvalue weighted by atomic mass is 10.0. The predicted molar refractivity (Wildman–Crippen MR) is 303 cm³/mol. The Morgan fingerprint density at radius 1 is 0.778 bits per heavy atom. The third-order valence-electron chi connectivity index (χ3n) is 12.1. The number of rotatable bonds is 22. The molecule has 0 saturated carbocycles. The maximum absolute atomic E-state index is 14.4. The Balaban J connectivity index is 0.000000285. The van der Waals surface area contributed by atoms with E-state index in [9.17, 15) is 36.6 Å². The molecule has 4 saturated heterocycles. The van der Waals surface area contributed by atoms with Gasteiger partial charge in [0.1, 0.15) is 17.9 Å². The third-order valence-corrected chi connectivity index (χ3v) is 16.2. The number of alkyl carbamates (subject to hydrolysis) is 2. The summed E-state index contributed by atoms with van der Waals surface area (Å²) >= 11 is 0.977. The molecule has 0 spiro atoms. The average molecular weight is 1210 g/mol. The molecule has 4 aromatic carbocycles. The number of benzene rings is 4. The molecule has 442 valence electrons. The number of hydrogen-bond acceptors (Lipinski definition) is 17. The number of aliphatic hydroxyl groups is 2. The third kappa shape index (κ3) is 15.7. The second-order valence-corrected chi connectivity index (χ2v) is 22.1. The molecule has 5 aliphatic heterocycles. The Morgan fingerprint density at radius 2 is 1.35 bits per heavy atom. The number of sulfonamides is 2. The zero-order valence-corrected chi connectivity index (χ0v) is 43.7. The van der Waals surface area contributed by atoms with E-state index in [1.54, 1.807) is 12.1 Å². The highest BCUT2D eigenvalue weighted by molar-refractivity contribution is 7.89. The summed E-state index contributed by atoms with van der Waals surface area (Å²) < 4.78 is 371. The maximum Gasteiger partial charge on any atom is 0.407 e. The molecule has 4 fully saturated rings. The van der Waals surface area contributed by atoms with Crippen LogP contribution in [-0.4, -0.2) is 161 Å². The number of amides is 2. The van der Waals surface area contributed by atoms with E-state index in [-0.39, 0.29) is 38.7 Å². The van der Waals surface area contributed by atoms with Gasteiger partial charge in [-0.2, -0.15) is 8.61 Å². The minimum atomic E-state index is -5.49. The summed E-state index contributed by atoms with van der Waals surface area (Å²) in [5.74, 6) is -14.5. The molecule has 0 bridgehead atoms. The lowest BCUT2D eigenvalue weighted by molar-refractivity contribution is -0.0909. The first kappa shape index (κ1) is 31.0. The number of thiazole rings is 1. The first-order valence-corrected chi connectivity index (χ1v) is 27.5. The fourth-order valence-corrected chi connectivity index (χ4v) is 11.6. The SMILES string of the molecule is C.[2H]C([2H])([2H])C([2H])(C([2H])([2H])[2H])C([2H])([2H])N(C[C@@H](O)[C@H](Cc1ccccc1)NC(=O)O[C@@]1([2H])C([2H])([2H])O[C@@]2([2H])OC([2H])([2H])C([2H])([2H])[C@]21[2H])S(=O)(=O)c1ccc2c(c1)OCC2.[2H]C([2H])([2H])C([2H])(C([2H])([2H])[2H])C([2H])([2H])N(C[C@@H](O)[C@H](Cc1ccccc1)NC(=O)O[C@]1([2H])[C@H]2[C@H](OC([2H])([2H])C2([2H])[2H])OC1([2H])[2H])S(=O)(=O)c1ccc2ncsc2c1. The van der Waals surface area contributed by atoms with Crippen LogP contribution in [0.4, 0.5) is 9.59 Å². The van der Waals surface area contributed by atoms with Gasteiger partial charge in [-0.3, -0.25) is 0 Å². The van der Waals surface area contributed by atoms with Gasteiger partial charge in [0.2, 0.25) is 20.0 Å². The van der Waals surface area contributed by atoms with Crippen molar-refractivity contribution >= 4 is 53.8 Å². The van der Waals surface area contributed by atoms with Crippen LogP contribution in [0.2, 0.25) is 0 Å². The molecule has 10 atom stereocenters. The van der Waals surface area contributed by atoms with Crippen LogP contribution in [0.5, 0.6) is 5.75 Å². The molecular weight excluding hydrogens is 1100 g/mol. The van der Waals surface area contributed by atoms with Crippen LogP contribution >= 0.6 is 11.3 Å². The number of aliphatic hydroxyl groups excluding tert-OH is 2. The number of aromatic nitrogens is 1. The standard InChI is InChI=1S/C29H38N2O8S.C28H35N3O7S2.CH4/c1-19(2)16-31(40(34,35)22-9-8-21-10-12-36-26(21)15-22)17-25(32)24(14-20-6-4-3-5-7-20)30-29(33)39-27-18-38-28-23(27)11-13-37-28;1-18(2)14-31(40(34,35)20-8-9-22-26(13-20)39-17-29-22)15-24(32)23(12-19-6-4-3-5-7-19)30-28(33)38-25-16-37-27-21(25)10-11-36-27;/h3-9,15,19,23-25,27-28,32H,10-14,16-18H2,1-2H3,(H,30,33);3-9,13,17-18,21,23-25,27,32H,10-12,14-16H2,1-2H3,(H,30,33);1H4/t23-,24-,25+,27-,28+;21-,23-,24+,25-,27+;/m00./s1/i1D3,2D3,11D2,13D2,16D2,18D2,19D,23D,27D,28D;1D3,2D3,10D2,11D2,14D2,16D2,18D,25D;. The van der Waals surface area contributed by atoms with Gasteiger partial charge in [0, 0.05) is 70.1 Å². The molecular formula is C58H77N5O15S3. The quantitative estimate of drug-likeness (QED) is 0.0558. The number of nitrogens with zero attached hydrogens (tertiary/aromatic N) is 3. The van der Waals surface area contributed by atoms with Gasteiger partial charge in [0.15, 0.2) is 12.6 Å². The van der Waals surface area contributed by atoms with Crippen LogP contribution in [0.25, 0.3) is 10.2 Å². The Hall–Kier alpha value is -5.31. The minimum absolute atomic E-state index is 0. The van der Waals surface area contributed by atoms with Crippen LogP contribution in [0, 0.1) is 23.6 Å². The number of fused-ring (bicyclic) bond motifs is 4. The van der Waals surface area contributed by atoms with Gasteiger partial charge >= 0.3 is 12.2 Å². The second-order valence-electron chi connectivity index (χ2n) is 17.5. The van der Waals surface area contributed by atoms with Gasteiger partial charge in [0.05, 0.1) is 110 Å². The van der Waals surface area contributed by atoms with E-state index >= 15 is 0 Å². The Kier molecular flexibility index (Phi) is 10.7. The van der Waals surface area contributed by atoms with Gasteiger partial charge in [-0.1, -0.05) is 102 Å².